The maximum atomic E-state index is 12.6. The van der Waals surface area contributed by atoms with Gasteiger partial charge in [0, 0.05) is 5.69 Å². The molecule has 1 heterocycles. The van der Waals surface area contributed by atoms with Crippen molar-refractivity contribution >= 4 is 23.4 Å². The van der Waals surface area contributed by atoms with Crippen molar-refractivity contribution in [3.63, 3.8) is 0 Å². The Balaban J connectivity index is 1.50. The summed E-state index contributed by atoms with van der Waals surface area (Å²) in [6, 6.07) is 22.7. The molecule has 0 saturated heterocycles. The maximum Gasteiger partial charge on any atom is 0.234 e. The number of ether oxygens (including phenoxy) is 3. The van der Waals surface area contributed by atoms with E-state index in [9.17, 15) is 4.79 Å². The van der Waals surface area contributed by atoms with E-state index in [0.29, 0.717) is 28.2 Å². The van der Waals surface area contributed by atoms with E-state index in [1.54, 1.807) is 26.4 Å². The second-order valence-electron chi connectivity index (χ2n) is 7.57. The molecule has 0 aliphatic carbocycles. The van der Waals surface area contributed by atoms with E-state index < -0.39 is 0 Å². The zero-order valence-corrected chi connectivity index (χ0v) is 20.5. The Morgan fingerprint density at radius 2 is 1.63 bits per heavy atom. The summed E-state index contributed by atoms with van der Waals surface area (Å²) in [6.45, 7) is 2.24. The number of carbonyl (C=O) groups is 1. The lowest BCUT2D eigenvalue weighted by atomic mass is 10.2. The molecule has 4 rings (SSSR count). The number of methoxy groups -OCH3 is 2. The van der Waals surface area contributed by atoms with Crippen LogP contribution >= 0.6 is 11.8 Å². The monoisotopic (exact) mass is 490 g/mol. The summed E-state index contributed by atoms with van der Waals surface area (Å²) in [5, 5.41) is 12.2. The van der Waals surface area contributed by atoms with Crippen LogP contribution in [0.25, 0.3) is 5.69 Å². The summed E-state index contributed by atoms with van der Waals surface area (Å²) in [5.41, 5.74) is 2.65. The quantitative estimate of drug-likeness (QED) is 0.316. The average molecular weight is 491 g/mol. The fourth-order valence-electron chi connectivity index (χ4n) is 3.32. The SMILES string of the molecule is COc1ccc(OCc2nnc(SCC(=O)Nc3ccccc3OC)n2-c2ccc(C)cc2)cc1. The molecule has 8 nitrogen and oxygen atoms in total. The predicted molar refractivity (Wildman–Crippen MR) is 136 cm³/mol. The number of thioether (sulfide) groups is 1. The van der Waals surface area contributed by atoms with E-state index in [1.165, 1.54) is 11.8 Å². The highest BCUT2D eigenvalue weighted by Crippen LogP contribution is 2.26. The number of nitrogens with one attached hydrogen (secondary N) is 1. The van der Waals surface area contributed by atoms with Gasteiger partial charge in [-0.3, -0.25) is 9.36 Å². The maximum absolute atomic E-state index is 12.6. The first-order valence-electron chi connectivity index (χ1n) is 10.9. The molecule has 4 aromatic rings. The van der Waals surface area contributed by atoms with Crippen LogP contribution in [0.2, 0.25) is 0 Å². The van der Waals surface area contributed by atoms with E-state index in [4.69, 9.17) is 14.2 Å². The van der Waals surface area contributed by atoms with Gasteiger partial charge in [0.1, 0.15) is 23.9 Å². The second kappa shape index (κ2) is 11.4. The van der Waals surface area contributed by atoms with Gasteiger partial charge in [-0.2, -0.15) is 0 Å². The molecule has 0 radical (unpaired) electrons. The van der Waals surface area contributed by atoms with Crippen molar-refractivity contribution in [1.29, 1.82) is 0 Å². The molecule has 180 valence electrons. The minimum absolute atomic E-state index is 0.154. The number of hydrogen-bond acceptors (Lipinski definition) is 7. The zero-order valence-electron chi connectivity index (χ0n) is 19.7. The molecule has 1 aromatic heterocycles. The number of nitrogens with zero attached hydrogens (tertiary/aromatic N) is 3. The third kappa shape index (κ3) is 6.13. The van der Waals surface area contributed by atoms with Crippen molar-refractivity contribution in [3.8, 4) is 22.9 Å². The van der Waals surface area contributed by atoms with Gasteiger partial charge >= 0.3 is 0 Å². The van der Waals surface area contributed by atoms with Crippen LogP contribution in [-0.2, 0) is 11.4 Å². The number of anilines is 1. The Hall–Kier alpha value is -3.98. The van der Waals surface area contributed by atoms with Gasteiger partial charge in [0.25, 0.3) is 0 Å². The molecule has 0 fully saturated rings. The second-order valence-corrected chi connectivity index (χ2v) is 8.51. The summed E-state index contributed by atoms with van der Waals surface area (Å²) < 4.78 is 18.3. The molecule has 0 unspecified atom stereocenters. The fourth-order valence-corrected chi connectivity index (χ4v) is 4.10. The van der Waals surface area contributed by atoms with Gasteiger partial charge in [0.2, 0.25) is 5.91 Å². The standard InChI is InChI=1S/C26H26N4O4S/c1-18-8-10-19(11-9-18)30-24(16-34-21-14-12-20(32-2)13-15-21)28-29-26(30)35-17-25(31)27-22-6-4-5-7-23(22)33-3/h4-15H,16-17H2,1-3H3,(H,27,31). The minimum Gasteiger partial charge on any atom is -0.497 e. The van der Waals surface area contributed by atoms with Crippen LogP contribution in [0.1, 0.15) is 11.4 Å². The van der Waals surface area contributed by atoms with Crippen molar-refractivity contribution in [2.45, 2.75) is 18.7 Å². The van der Waals surface area contributed by atoms with Gasteiger partial charge in [-0.1, -0.05) is 41.6 Å². The summed E-state index contributed by atoms with van der Waals surface area (Å²) in [7, 11) is 3.19. The van der Waals surface area contributed by atoms with Crippen LogP contribution in [0.15, 0.2) is 78.0 Å². The van der Waals surface area contributed by atoms with Crippen LogP contribution in [0.5, 0.6) is 17.2 Å². The Kier molecular flexibility index (Phi) is 7.89. The molecule has 0 bridgehead atoms. The third-order valence-electron chi connectivity index (χ3n) is 5.13. The molecular weight excluding hydrogens is 464 g/mol. The topological polar surface area (TPSA) is 87.5 Å². The molecule has 9 heteroatoms. The van der Waals surface area contributed by atoms with Crippen molar-refractivity contribution in [2.75, 3.05) is 25.3 Å². The summed E-state index contributed by atoms with van der Waals surface area (Å²) in [5.74, 6) is 2.65. The largest absolute Gasteiger partial charge is 0.497 e. The summed E-state index contributed by atoms with van der Waals surface area (Å²) in [6.07, 6.45) is 0. The molecule has 0 aliphatic rings. The van der Waals surface area contributed by atoms with E-state index in [-0.39, 0.29) is 18.3 Å². The lowest BCUT2D eigenvalue weighted by Gasteiger charge is -2.12. The van der Waals surface area contributed by atoms with Gasteiger partial charge in [-0.05, 0) is 55.5 Å². The number of aromatic nitrogens is 3. The molecule has 3 aromatic carbocycles. The molecule has 1 N–H and O–H groups in total. The van der Waals surface area contributed by atoms with Crippen LogP contribution in [0.4, 0.5) is 5.69 Å². The highest BCUT2D eigenvalue weighted by molar-refractivity contribution is 7.99. The Bertz CT molecular complexity index is 1270. The van der Waals surface area contributed by atoms with Crippen LogP contribution in [-0.4, -0.2) is 40.6 Å². The minimum atomic E-state index is -0.172. The first kappa shape index (κ1) is 24.2. The Labute approximate surface area is 208 Å². The number of amides is 1. The lowest BCUT2D eigenvalue weighted by Crippen LogP contribution is -2.15. The smallest absolute Gasteiger partial charge is 0.234 e. The van der Waals surface area contributed by atoms with Crippen molar-refractivity contribution in [1.82, 2.24) is 14.8 Å². The predicted octanol–water partition coefficient (Wildman–Crippen LogP) is 4.90. The Morgan fingerprint density at radius 3 is 2.34 bits per heavy atom. The third-order valence-corrected chi connectivity index (χ3v) is 6.06. The molecule has 1 amide bonds. The number of benzene rings is 3. The number of rotatable bonds is 10. The number of hydrogen-bond donors (Lipinski definition) is 1. The highest BCUT2D eigenvalue weighted by Gasteiger charge is 2.17. The molecule has 0 atom stereocenters. The first-order chi connectivity index (χ1) is 17.1. The number of para-hydroxylation sites is 2. The van der Waals surface area contributed by atoms with Gasteiger partial charge < -0.3 is 19.5 Å². The van der Waals surface area contributed by atoms with Gasteiger partial charge in [-0.25, -0.2) is 0 Å². The van der Waals surface area contributed by atoms with Crippen molar-refractivity contribution in [3.05, 3.63) is 84.2 Å². The molecule has 0 spiro atoms. The molecule has 0 saturated carbocycles. The van der Waals surface area contributed by atoms with Gasteiger partial charge in [0.05, 0.1) is 25.7 Å². The van der Waals surface area contributed by atoms with E-state index in [0.717, 1.165) is 17.0 Å². The van der Waals surface area contributed by atoms with Crippen molar-refractivity contribution < 1.29 is 19.0 Å². The highest BCUT2D eigenvalue weighted by atomic mass is 32.2. The normalized spacial score (nSPS) is 10.6. The number of aryl methyl sites for hydroxylation is 1. The fraction of sp³-hybridized carbons (Fsp3) is 0.192. The molecular formula is C26H26N4O4S. The number of carbonyl (C=O) groups excluding carboxylic acids is 1. The summed E-state index contributed by atoms with van der Waals surface area (Å²) >= 11 is 1.30. The average Bonchev–Trinajstić information content (AvgIpc) is 3.30. The lowest BCUT2D eigenvalue weighted by molar-refractivity contribution is -0.113. The Morgan fingerprint density at radius 1 is 0.914 bits per heavy atom. The zero-order chi connectivity index (χ0) is 24.6. The van der Waals surface area contributed by atoms with Gasteiger partial charge in [0.15, 0.2) is 11.0 Å². The first-order valence-corrected chi connectivity index (χ1v) is 11.9. The van der Waals surface area contributed by atoms with Gasteiger partial charge in [-0.15, -0.1) is 10.2 Å². The van der Waals surface area contributed by atoms with Crippen LogP contribution in [0.3, 0.4) is 0 Å². The molecule has 35 heavy (non-hydrogen) atoms. The summed E-state index contributed by atoms with van der Waals surface area (Å²) in [4.78, 5) is 12.6. The van der Waals surface area contributed by atoms with E-state index in [1.807, 2.05) is 72.2 Å². The van der Waals surface area contributed by atoms with Crippen LogP contribution < -0.4 is 19.5 Å². The van der Waals surface area contributed by atoms with E-state index in [2.05, 4.69) is 15.5 Å². The van der Waals surface area contributed by atoms with E-state index >= 15 is 0 Å². The van der Waals surface area contributed by atoms with Crippen LogP contribution in [0, 0.1) is 6.92 Å². The molecule has 0 aliphatic heterocycles. The van der Waals surface area contributed by atoms with Crippen molar-refractivity contribution in [2.24, 2.45) is 0 Å².